The van der Waals surface area contributed by atoms with Gasteiger partial charge >= 0.3 is 6.03 Å². The molecule has 2 saturated heterocycles. The van der Waals surface area contributed by atoms with Crippen molar-refractivity contribution in [3.05, 3.63) is 0 Å². The highest BCUT2D eigenvalue weighted by Crippen LogP contribution is 2.16. The van der Waals surface area contributed by atoms with Crippen LogP contribution in [-0.4, -0.2) is 43.2 Å². The van der Waals surface area contributed by atoms with Gasteiger partial charge in [0.2, 0.25) is 0 Å². The average molecular weight is 211 g/mol. The quantitative estimate of drug-likeness (QED) is 0.720. The van der Waals surface area contributed by atoms with Crippen LogP contribution < -0.4 is 10.6 Å². The van der Waals surface area contributed by atoms with Gasteiger partial charge in [0, 0.05) is 13.1 Å². The molecule has 0 saturated carbocycles. The highest BCUT2D eigenvalue weighted by atomic mass is 16.2. The number of amides is 2. The lowest BCUT2D eigenvalue weighted by Gasteiger charge is -2.19. The zero-order valence-corrected chi connectivity index (χ0v) is 9.62. The maximum atomic E-state index is 11.7. The predicted molar refractivity (Wildman–Crippen MR) is 59.7 cm³/mol. The van der Waals surface area contributed by atoms with Crippen molar-refractivity contribution in [2.75, 3.05) is 26.2 Å². The summed E-state index contributed by atoms with van der Waals surface area (Å²) in [6.45, 7) is 8.29. The van der Waals surface area contributed by atoms with E-state index in [0.717, 1.165) is 26.2 Å². The molecule has 2 atom stereocenters. The fourth-order valence-electron chi connectivity index (χ4n) is 2.33. The molecule has 0 spiro atoms. The molecule has 0 aromatic rings. The average Bonchev–Trinajstić information content (AvgIpc) is 2.77. The third-order valence-electron chi connectivity index (χ3n) is 3.46. The van der Waals surface area contributed by atoms with E-state index in [4.69, 9.17) is 0 Å². The summed E-state index contributed by atoms with van der Waals surface area (Å²) in [5.74, 6) is 1.18. The molecule has 0 aromatic carbocycles. The molecule has 15 heavy (non-hydrogen) atoms. The fourth-order valence-corrected chi connectivity index (χ4v) is 2.33. The minimum Gasteiger partial charge on any atom is -0.333 e. The Bertz CT molecular complexity index is 236. The van der Waals surface area contributed by atoms with Gasteiger partial charge in [0.05, 0.1) is 6.04 Å². The van der Waals surface area contributed by atoms with Crippen LogP contribution in [0.2, 0.25) is 0 Å². The Labute approximate surface area is 91.4 Å². The fraction of sp³-hybridized carbons (Fsp3) is 0.909. The first kappa shape index (κ1) is 10.7. The summed E-state index contributed by atoms with van der Waals surface area (Å²) in [7, 11) is 0. The minimum atomic E-state index is 0.126. The van der Waals surface area contributed by atoms with E-state index in [2.05, 4.69) is 24.5 Å². The van der Waals surface area contributed by atoms with Gasteiger partial charge in [-0.2, -0.15) is 0 Å². The molecule has 2 fully saturated rings. The first-order valence-electron chi connectivity index (χ1n) is 5.93. The maximum absolute atomic E-state index is 11.7. The molecular weight excluding hydrogens is 190 g/mol. The summed E-state index contributed by atoms with van der Waals surface area (Å²) in [5.41, 5.74) is 0. The van der Waals surface area contributed by atoms with Crippen LogP contribution in [0, 0.1) is 11.8 Å². The first-order chi connectivity index (χ1) is 7.16. The molecule has 0 aliphatic carbocycles. The number of carbonyl (C=O) groups is 1. The summed E-state index contributed by atoms with van der Waals surface area (Å²) in [4.78, 5) is 13.6. The monoisotopic (exact) mass is 211 g/mol. The van der Waals surface area contributed by atoms with Gasteiger partial charge in [-0.15, -0.1) is 0 Å². The van der Waals surface area contributed by atoms with Crippen LogP contribution in [-0.2, 0) is 0 Å². The zero-order chi connectivity index (χ0) is 10.8. The number of urea groups is 1. The molecule has 2 amide bonds. The lowest BCUT2D eigenvalue weighted by atomic mass is 10.1. The molecular formula is C11H21N3O. The van der Waals surface area contributed by atoms with Crippen molar-refractivity contribution in [1.29, 1.82) is 0 Å². The highest BCUT2D eigenvalue weighted by Gasteiger charge is 2.32. The molecule has 2 rings (SSSR count). The molecule has 2 unspecified atom stereocenters. The molecule has 2 aliphatic rings. The van der Waals surface area contributed by atoms with Crippen molar-refractivity contribution in [2.45, 2.75) is 26.3 Å². The Hall–Kier alpha value is -0.770. The van der Waals surface area contributed by atoms with Gasteiger partial charge < -0.3 is 15.5 Å². The standard InChI is InChI=1S/C11H21N3O/c1-8(2)10-7-14(11(15)13-10)6-9-3-4-12-5-9/h8-10,12H,3-7H2,1-2H3,(H,13,15). The van der Waals surface area contributed by atoms with E-state index in [0.29, 0.717) is 17.9 Å². The third-order valence-corrected chi connectivity index (χ3v) is 3.46. The van der Waals surface area contributed by atoms with E-state index in [9.17, 15) is 4.79 Å². The SMILES string of the molecule is CC(C)C1CN(CC2CCNC2)C(=O)N1. The van der Waals surface area contributed by atoms with Crippen LogP contribution >= 0.6 is 0 Å². The van der Waals surface area contributed by atoms with E-state index < -0.39 is 0 Å². The predicted octanol–water partition coefficient (Wildman–Crippen LogP) is 0.646. The number of nitrogens with one attached hydrogen (secondary N) is 2. The lowest BCUT2D eigenvalue weighted by molar-refractivity contribution is 0.210. The van der Waals surface area contributed by atoms with Crippen LogP contribution in [0.1, 0.15) is 20.3 Å². The van der Waals surface area contributed by atoms with Crippen molar-refractivity contribution in [2.24, 2.45) is 11.8 Å². The van der Waals surface area contributed by atoms with Gasteiger partial charge in [-0.3, -0.25) is 0 Å². The van der Waals surface area contributed by atoms with Crippen LogP contribution in [0.4, 0.5) is 4.79 Å². The van der Waals surface area contributed by atoms with Gasteiger partial charge in [0.1, 0.15) is 0 Å². The first-order valence-corrected chi connectivity index (χ1v) is 5.93. The lowest BCUT2D eigenvalue weighted by Crippen LogP contribution is -2.33. The second-order valence-electron chi connectivity index (χ2n) is 5.06. The molecule has 2 N–H and O–H groups in total. The topological polar surface area (TPSA) is 44.4 Å². The van der Waals surface area contributed by atoms with Crippen LogP contribution in [0.3, 0.4) is 0 Å². The number of nitrogens with zero attached hydrogens (tertiary/aromatic N) is 1. The third kappa shape index (κ3) is 2.43. The summed E-state index contributed by atoms with van der Waals surface area (Å²) in [6.07, 6.45) is 1.20. The van der Waals surface area contributed by atoms with E-state index in [1.807, 2.05) is 4.90 Å². The second-order valence-corrected chi connectivity index (χ2v) is 5.06. The van der Waals surface area contributed by atoms with Crippen LogP contribution in [0.25, 0.3) is 0 Å². The second kappa shape index (κ2) is 4.39. The maximum Gasteiger partial charge on any atom is 0.317 e. The Balaban J connectivity index is 1.85. The highest BCUT2D eigenvalue weighted by molar-refractivity contribution is 5.76. The van der Waals surface area contributed by atoms with Crippen LogP contribution in [0.15, 0.2) is 0 Å². The summed E-state index contributed by atoms with van der Waals surface area (Å²) < 4.78 is 0. The Morgan fingerprint density at radius 2 is 2.33 bits per heavy atom. The van der Waals surface area contributed by atoms with E-state index in [1.54, 1.807) is 0 Å². The summed E-state index contributed by atoms with van der Waals surface area (Å²) >= 11 is 0. The van der Waals surface area contributed by atoms with E-state index >= 15 is 0 Å². The number of hydrogen-bond acceptors (Lipinski definition) is 2. The molecule has 4 heteroatoms. The van der Waals surface area contributed by atoms with Crippen molar-refractivity contribution in [1.82, 2.24) is 15.5 Å². The normalized spacial score (nSPS) is 31.4. The number of rotatable bonds is 3. The van der Waals surface area contributed by atoms with Crippen LogP contribution in [0.5, 0.6) is 0 Å². The van der Waals surface area contributed by atoms with E-state index in [-0.39, 0.29) is 6.03 Å². The van der Waals surface area contributed by atoms with Crippen molar-refractivity contribution >= 4 is 6.03 Å². The van der Waals surface area contributed by atoms with Gasteiger partial charge in [0.15, 0.2) is 0 Å². The largest absolute Gasteiger partial charge is 0.333 e. The van der Waals surface area contributed by atoms with Gasteiger partial charge in [-0.1, -0.05) is 13.8 Å². The van der Waals surface area contributed by atoms with Crippen molar-refractivity contribution in [3.63, 3.8) is 0 Å². The number of carbonyl (C=O) groups excluding carboxylic acids is 1. The molecule has 4 nitrogen and oxygen atoms in total. The Morgan fingerprint density at radius 3 is 2.87 bits per heavy atom. The van der Waals surface area contributed by atoms with Gasteiger partial charge in [-0.25, -0.2) is 4.79 Å². The van der Waals surface area contributed by atoms with Crippen molar-refractivity contribution in [3.8, 4) is 0 Å². The minimum absolute atomic E-state index is 0.126. The van der Waals surface area contributed by atoms with E-state index in [1.165, 1.54) is 6.42 Å². The molecule has 0 radical (unpaired) electrons. The molecule has 2 heterocycles. The van der Waals surface area contributed by atoms with Crippen molar-refractivity contribution < 1.29 is 4.79 Å². The molecule has 2 aliphatic heterocycles. The smallest absolute Gasteiger partial charge is 0.317 e. The van der Waals surface area contributed by atoms with Gasteiger partial charge in [0.25, 0.3) is 0 Å². The van der Waals surface area contributed by atoms with Gasteiger partial charge in [-0.05, 0) is 31.3 Å². The molecule has 0 aromatic heterocycles. The molecule has 86 valence electrons. The number of hydrogen-bond donors (Lipinski definition) is 2. The molecule has 0 bridgehead atoms. The summed E-state index contributed by atoms with van der Waals surface area (Å²) in [6, 6.07) is 0.465. The summed E-state index contributed by atoms with van der Waals surface area (Å²) in [5, 5.41) is 6.38. The Morgan fingerprint density at radius 1 is 1.53 bits per heavy atom. The zero-order valence-electron chi connectivity index (χ0n) is 9.62. The Kier molecular flexibility index (Phi) is 3.14.